The molecule has 1 aliphatic carbocycles. The van der Waals surface area contributed by atoms with Gasteiger partial charge in [-0.2, -0.15) is 0 Å². The van der Waals surface area contributed by atoms with Crippen LogP contribution in [-0.2, 0) is 0 Å². The van der Waals surface area contributed by atoms with E-state index in [1.165, 1.54) is 83.7 Å². The van der Waals surface area contributed by atoms with Crippen LogP contribution in [0.5, 0.6) is 0 Å². The van der Waals surface area contributed by atoms with E-state index in [0.29, 0.717) is 0 Å². The molecule has 0 aromatic rings. The number of hydrogen-bond donors (Lipinski definition) is 1. The maximum Gasteiger partial charge on any atom is -0.00205 e. The molecule has 1 rings (SSSR count). The molecule has 1 N–H and O–H groups in total. The van der Waals surface area contributed by atoms with E-state index < -0.39 is 0 Å². The first-order valence-corrected chi connectivity index (χ1v) is 7.64. The topological polar surface area (TPSA) is 12.0 Å². The van der Waals surface area contributed by atoms with Gasteiger partial charge in [0.05, 0.1) is 0 Å². The van der Waals surface area contributed by atoms with Crippen LogP contribution in [0.3, 0.4) is 0 Å². The molecule has 0 atom stereocenters. The minimum absolute atomic E-state index is 0. The molecule has 1 fully saturated rings. The van der Waals surface area contributed by atoms with Gasteiger partial charge in [0.1, 0.15) is 0 Å². The van der Waals surface area contributed by atoms with Crippen molar-refractivity contribution in [3.8, 4) is 0 Å². The van der Waals surface area contributed by atoms with Crippen LogP contribution >= 0.6 is 12.4 Å². The summed E-state index contributed by atoms with van der Waals surface area (Å²) >= 11 is 0. The van der Waals surface area contributed by atoms with Gasteiger partial charge in [0, 0.05) is 0 Å². The molecule has 1 nitrogen and oxygen atoms in total. The summed E-state index contributed by atoms with van der Waals surface area (Å²) in [7, 11) is 0. The van der Waals surface area contributed by atoms with Crippen molar-refractivity contribution in [2.75, 3.05) is 13.1 Å². The summed E-state index contributed by atoms with van der Waals surface area (Å²) in [6.07, 6.45) is 15.9. The molecule has 0 radical (unpaired) electrons. The van der Waals surface area contributed by atoms with E-state index in [-0.39, 0.29) is 12.4 Å². The lowest BCUT2D eigenvalue weighted by Crippen LogP contribution is -2.25. The molecule has 1 saturated carbocycles. The third kappa shape index (κ3) is 9.91. The maximum atomic E-state index is 3.65. The summed E-state index contributed by atoms with van der Waals surface area (Å²) in [5, 5.41) is 3.65. The Hall–Kier alpha value is 0.250. The fraction of sp³-hybridized carbons (Fsp3) is 1.00. The largest absolute Gasteiger partial charge is 0.316 e. The van der Waals surface area contributed by atoms with Crippen molar-refractivity contribution < 1.29 is 0 Å². The number of nitrogens with one attached hydrogen (secondary N) is 1. The van der Waals surface area contributed by atoms with E-state index in [1.54, 1.807) is 0 Å². The van der Waals surface area contributed by atoms with E-state index in [0.717, 1.165) is 5.92 Å². The quantitative estimate of drug-likeness (QED) is 0.580. The van der Waals surface area contributed by atoms with Crippen molar-refractivity contribution in [1.29, 1.82) is 0 Å². The van der Waals surface area contributed by atoms with E-state index in [9.17, 15) is 0 Å². The van der Waals surface area contributed by atoms with Crippen molar-refractivity contribution in [2.24, 2.45) is 5.92 Å². The smallest absolute Gasteiger partial charge is 0.00205 e. The van der Waals surface area contributed by atoms with Gasteiger partial charge in [0.25, 0.3) is 0 Å². The molecule has 2 heteroatoms. The predicted octanol–water partition coefficient (Wildman–Crippen LogP) is 4.94. The fourth-order valence-electron chi connectivity index (χ4n) is 2.73. The monoisotopic (exact) mass is 261 g/mol. The Morgan fingerprint density at radius 2 is 1.53 bits per heavy atom. The normalized spacial score (nSPS) is 16.8. The van der Waals surface area contributed by atoms with Crippen LogP contribution in [0.15, 0.2) is 0 Å². The van der Waals surface area contributed by atoms with Gasteiger partial charge in [0.2, 0.25) is 0 Å². The van der Waals surface area contributed by atoms with E-state index in [2.05, 4.69) is 12.2 Å². The first kappa shape index (κ1) is 17.2. The van der Waals surface area contributed by atoms with E-state index in [4.69, 9.17) is 0 Å². The Balaban J connectivity index is 0.00000256. The van der Waals surface area contributed by atoms with Gasteiger partial charge >= 0.3 is 0 Å². The molecule has 0 heterocycles. The highest BCUT2D eigenvalue weighted by Gasteiger charge is 2.11. The van der Waals surface area contributed by atoms with Crippen LogP contribution in [-0.4, -0.2) is 13.1 Å². The van der Waals surface area contributed by atoms with Crippen molar-refractivity contribution in [3.05, 3.63) is 0 Å². The van der Waals surface area contributed by atoms with Crippen LogP contribution in [0.4, 0.5) is 0 Å². The first-order valence-electron chi connectivity index (χ1n) is 7.64. The molecule has 0 saturated heterocycles. The molecular weight excluding hydrogens is 230 g/mol. The second-order valence-corrected chi connectivity index (χ2v) is 5.48. The van der Waals surface area contributed by atoms with Gasteiger partial charge in [-0.25, -0.2) is 0 Å². The number of rotatable bonds is 9. The predicted molar refractivity (Wildman–Crippen MR) is 80.1 cm³/mol. The zero-order chi connectivity index (χ0) is 11.5. The number of halogens is 1. The summed E-state index contributed by atoms with van der Waals surface area (Å²) in [6.45, 7) is 4.82. The Morgan fingerprint density at radius 3 is 2.24 bits per heavy atom. The molecule has 0 aromatic heterocycles. The Kier molecular flexibility index (Phi) is 12.9. The summed E-state index contributed by atoms with van der Waals surface area (Å²) in [4.78, 5) is 0. The van der Waals surface area contributed by atoms with Crippen molar-refractivity contribution in [2.45, 2.75) is 77.6 Å². The van der Waals surface area contributed by atoms with E-state index >= 15 is 0 Å². The van der Waals surface area contributed by atoms with Gasteiger partial charge in [-0.05, 0) is 38.3 Å². The SMILES string of the molecule is CCCCCCCCNCC1CCCCC1.Cl. The second-order valence-electron chi connectivity index (χ2n) is 5.48. The highest BCUT2D eigenvalue weighted by atomic mass is 35.5. The zero-order valence-electron chi connectivity index (χ0n) is 11.7. The lowest BCUT2D eigenvalue weighted by atomic mass is 9.89. The summed E-state index contributed by atoms with van der Waals surface area (Å²) < 4.78 is 0. The average molecular weight is 262 g/mol. The van der Waals surface area contributed by atoms with Gasteiger partial charge in [-0.15, -0.1) is 12.4 Å². The van der Waals surface area contributed by atoms with Gasteiger partial charge < -0.3 is 5.32 Å². The highest BCUT2D eigenvalue weighted by Crippen LogP contribution is 2.22. The molecule has 0 aliphatic heterocycles. The minimum Gasteiger partial charge on any atom is -0.316 e. The standard InChI is InChI=1S/C15H31N.ClH/c1-2-3-4-5-6-10-13-16-14-15-11-8-7-9-12-15;/h15-16H,2-14H2,1H3;1H. The molecule has 0 bridgehead atoms. The minimum atomic E-state index is 0. The lowest BCUT2D eigenvalue weighted by Gasteiger charge is -2.21. The van der Waals surface area contributed by atoms with E-state index in [1.807, 2.05) is 0 Å². The number of unbranched alkanes of at least 4 members (excludes halogenated alkanes) is 5. The molecular formula is C15H32ClN. The first-order chi connectivity index (χ1) is 7.93. The van der Waals surface area contributed by atoms with Gasteiger partial charge in [-0.1, -0.05) is 58.3 Å². The molecule has 1 aliphatic rings. The second kappa shape index (κ2) is 12.7. The molecule has 0 spiro atoms. The Labute approximate surface area is 115 Å². The summed E-state index contributed by atoms with van der Waals surface area (Å²) in [6, 6.07) is 0. The number of hydrogen-bond acceptors (Lipinski definition) is 1. The maximum absolute atomic E-state index is 3.65. The van der Waals surface area contributed by atoms with Crippen LogP contribution in [0.1, 0.15) is 77.6 Å². The zero-order valence-corrected chi connectivity index (χ0v) is 12.5. The van der Waals surface area contributed by atoms with Crippen LogP contribution < -0.4 is 5.32 Å². The van der Waals surface area contributed by atoms with Gasteiger partial charge in [-0.3, -0.25) is 0 Å². The molecule has 0 unspecified atom stereocenters. The average Bonchev–Trinajstić information content (AvgIpc) is 2.34. The van der Waals surface area contributed by atoms with Crippen molar-refractivity contribution in [1.82, 2.24) is 5.32 Å². The molecule has 0 amide bonds. The molecule has 104 valence electrons. The Morgan fingerprint density at radius 1 is 0.882 bits per heavy atom. The fourth-order valence-corrected chi connectivity index (χ4v) is 2.73. The lowest BCUT2D eigenvalue weighted by molar-refractivity contribution is 0.341. The van der Waals surface area contributed by atoms with Crippen molar-refractivity contribution in [3.63, 3.8) is 0 Å². The van der Waals surface area contributed by atoms with Crippen LogP contribution in [0.25, 0.3) is 0 Å². The molecule has 17 heavy (non-hydrogen) atoms. The van der Waals surface area contributed by atoms with Crippen LogP contribution in [0.2, 0.25) is 0 Å². The molecule has 0 aromatic carbocycles. The third-order valence-electron chi connectivity index (χ3n) is 3.86. The summed E-state index contributed by atoms with van der Waals surface area (Å²) in [5.41, 5.74) is 0. The highest BCUT2D eigenvalue weighted by molar-refractivity contribution is 5.85. The third-order valence-corrected chi connectivity index (χ3v) is 3.86. The summed E-state index contributed by atoms with van der Waals surface area (Å²) in [5.74, 6) is 0.994. The Bertz CT molecular complexity index is 144. The van der Waals surface area contributed by atoms with Crippen LogP contribution in [0, 0.1) is 5.92 Å². The van der Waals surface area contributed by atoms with Crippen molar-refractivity contribution >= 4 is 12.4 Å². The van der Waals surface area contributed by atoms with Gasteiger partial charge in [0.15, 0.2) is 0 Å².